The van der Waals surface area contributed by atoms with Crippen molar-refractivity contribution in [3.63, 3.8) is 0 Å². The summed E-state index contributed by atoms with van der Waals surface area (Å²) in [5.41, 5.74) is 3.21. The van der Waals surface area contributed by atoms with Crippen LogP contribution in [0.2, 0.25) is 0 Å². The van der Waals surface area contributed by atoms with Gasteiger partial charge in [0.05, 0.1) is 21.5 Å². The molecular weight excluding hydrogens is 408 g/mol. The number of hydrogen-bond acceptors (Lipinski definition) is 4. The van der Waals surface area contributed by atoms with E-state index in [0.29, 0.717) is 11.0 Å². The lowest BCUT2D eigenvalue weighted by molar-refractivity contribution is -0.160. The Hall–Kier alpha value is -1.14. The standard InChI is InChI=1S/C21H31BrN2O3/c1-13-15(18(19(25)26)27-20(3,4)5)17(16(22)14(2)23-13)24-11-9-21(10-12-24)7-6-8-21/h18H,6-12H2,1-5H3,(H,25,26). The first-order chi connectivity index (χ1) is 12.5. The van der Waals surface area contributed by atoms with Crippen LogP contribution in [0.3, 0.4) is 0 Å². The molecule has 2 heterocycles. The van der Waals surface area contributed by atoms with Gasteiger partial charge in [-0.2, -0.15) is 0 Å². The zero-order chi connectivity index (χ0) is 20.0. The second kappa shape index (κ2) is 7.36. The van der Waals surface area contributed by atoms with Crippen molar-refractivity contribution in [1.29, 1.82) is 0 Å². The van der Waals surface area contributed by atoms with Crippen molar-refractivity contribution in [3.8, 4) is 0 Å². The largest absolute Gasteiger partial charge is 0.479 e. The molecule has 1 unspecified atom stereocenters. The molecule has 1 atom stereocenters. The molecule has 0 amide bonds. The molecule has 0 radical (unpaired) electrons. The number of aryl methyl sites for hydroxylation is 2. The summed E-state index contributed by atoms with van der Waals surface area (Å²) in [7, 11) is 0. The summed E-state index contributed by atoms with van der Waals surface area (Å²) in [6.07, 6.45) is 5.35. The van der Waals surface area contributed by atoms with Gasteiger partial charge < -0.3 is 14.7 Å². The molecule has 2 fully saturated rings. The number of nitrogens with zero attached hydrogens (tertiary/aromatic N) is 2. The van der Waals surface area contributed by atoms with Gasteiger partial charge in [0, 0.05) is 24.3 Å². The molecule has 1 spiro atoms. The van der Waals surface area contributed by atoms with Gasteiger partial charge in [-0.1, -0.05) is 6.42 Å². The van der Waals surface area contributed by atoms with Crippen LogP contribution in [-0.4, -0.2) is 34.8 Å². The van der Waals surface area contributed by atoms with Gasteiger partial charge >= 0.3 is 5.97 Å². The molecule has 5 nitrogen and oxygen atoms in total. The van der Waals surface area contributed by atoms with E-state index in [9.17, 15) is 9.90 Å². The van der Waals surface area contributed by atoms with Gasteiger partial charge in [0.25, 0.3) is 0 Å². The summed E-state index contributed by atoms with van der Waals surface area (Å²) in [6, 6.07) is 0. The molecule has 1 N–H and O–H groups in total. The van der Waals surface area contributed by atoms with Crippen molar-refractivity contribution in [1.82, 2.24) is 4.98 Å². The van der Waals surface area contributed by atoms with E-state index in [0.717, 1.165) is 34.6 Å². The van der Waals surface area contributed by atoms with Crippen LogP contribution in [0.25, 0.3) is 0 Å². The fraction of sp³-hybridized carbons (Fsp3) is 0.714. The number of rotatable bonds is 4. The SMILES string of the molecule is Cc1nc(C)c(C(OC(C)(C)C)C(=O)O)c(N2CCC3(CCC3)CC2)c1Br. The van der Waals surface area contributed by atoms with Gasteiger partial charge in [0.2, 0.25) is 0 Å². The van der Waals surface area contributed by atoms with Crippen molar-refractivity contribution >= 4 is 27.6 Å². The molecule has 0 aromatic carbocycles. The minimum atomic E-state index is -1.04. The zero-order valence-corrected chi connectivity index (χ0v) is 18.6. The zero-order valence-electron chi connectivity index (χ0n) is 17.1. The molecule has 1 aliphatic carbocycles. The molecule has 0 bridgehead atoms. The van der Waals surface area contributed by atoms with Gasteiger partial charge in [-0.05, 0) is 81.6 Å². The normalized spacial score (nSPS) is 20.4. The Morgan fingerprint density at radius 2 is 1.78 bits per heavy atom. The molecule has 6 heteroatoms. The van der Waals surface area contributed by atoms with E-state index in [1.54, 1.807) is 0 Å². The Balaban J connectivity index is 2.02. The van der Waals surface area contributed by atoms with Gasteiger partial charge in [-0.3, -0.25) is 4.98 Å². The van der Waals surface area contributed by atoms with Gasteiger partial charge in [-0.15, -0.1) is 0 Å². The number of ether oxygens (including phenoxy) is 1. The molecule has 1 saturated heterocycles. The van der Waals surface area contributed by atoms with Crippen LogP contribution < -0.4 is 4.90 Å². The molecule has 1 aromatic rings. The molecule has 2 aliphatic rings. The van der Waals surface area contributed by atoms with Gasteiger partial charge in [0.1, 0.15) is 0 Å². The lowest BCUT2D eigenvalue weighted by atomic mass is 9.63. The second-order valence-electron chi connectivity index (χ2n) is 9.15. The smallest absolute Gasteiger partial charge is 0.337 e. The van der Waals surface area contributed by atoms with Crippen LogP contribution >= 0.6 is 15.9 Å². The van der Waals surface area contributed by atoms with Crippen LogP contribution in [-0.2, 0) is 9.53 Å². The van der Waals surface area contributed by atoms with E-state index in [2.05, 4.69) is 25.8 Å². The Morgan fingerprint density at radius 3 is 2.22 bits per heavy atom. The molecular formula is C21H31BrN2O3. The van der Waals surface area contributed by atoms with E-state index >= 15 is 0 Å². The van der Waals surface area contributed by atoms with Crippen LogP contribution in [0.4, 0.5) is 5.69 Å². The monoisotopic (exact) mass is 438 g/mol. The number of hydrogen-bond donors (Lipinski definition) is 1. The van der Waals surface area contributed by atoms with E-state index in [1.165, 1.54) is 32.1 Å². The maximum Gasteiger partial charge on any atom is 0.337 e. The first kappa shape index (κ1) is 20.6. The maximum absolute atomic E-state index is 12.1. The van der Waals surface area contributed by atoms with Crippen molar-refractivity contribution in [3.05, 3.63) is 21.4 Å². The summed E-state index contributed by atoms with van der Waals surface area (Å²) in [6.45, 7) is 11.4. The van der Waals surface area contributed by atoms with E-state index < -0.39 is 17.7 Å². The maximum atomic E-state index is 12.1. The highest BCUT2D eigenvalue weighted by Gasteiger charge is 2.41. The summed E-state index contributed by atoms with van der Waals surface area (Å²) in [5.74, 6) is -0.973. The highest BCUT2D eigenvalue weighted by Crippen LogP contribution is 2.50. The number of carboxylic acid groups (broad SMARTS) is 1. The molecule has 3 rings (SSSR count). The van der Waals surface area contributed by atoms with E-state index in [-0.39, 0.29) is 0 Å². The number of aliphatic carboxylic acids is 1. The number of anilines is 1. The first-order valence-electron chi connectivity index (χ1n) is 9.85. The van der Waals surface area contributed by atoms with Crippen LogP contribution in [0.15, 0.2) is 4.47 Å². The van der Waals surface area contributed by atoms with E-state index in [1.807, 2.05) is 34.6 Å². The summed E-state index contributed by atoms with van der Waals surface area (Å²) < 4.78 is 6.86. The van der Waals surface area contributed by atoms with Crippen LogP contribution in [0, 0.1) is 19.3 Å². The van der Waals surface area contributed by atoms with Crippen molar-refractivity contribution in [2.75, 3.05) is 18.0 Å². The number of pyridine rings is 1. The van der Waals surface area contributed by atoms with Gasteiger partial charge in [0.15, 0.2) is 6.10 Å². The van der Waals surface area contributed by atoms with Crippen molar-refractivity contribution in [2.24, 2.45) is 5.41 Å². The Morgan fingerprint density at radius 1 is 1.19 bits per heavy atom. The number of aromatic nitrogens is 1. The third-order valence-electron chi connectivity index (χ3n) is 6.02. The Labute approximate surface area is 170 Å². The summed E-state index contributed by atoms with van der Waals surface area (Å²) in [4.78, 5) is 19.1. The lowest BCUT2D eigenvalue weighted by Gasteiger charge is -2.49. The van der Waals surface area contributed by atoms with Crippen LogP contribution in [0.1, 0.15) is 75.9 Å². The molecule has 1 aliphatic heterocycles. The molecule has 1 saturated carbocycles. The number of halogens is 1. The average Bonchev–Trinajstić information content (AvgIpc) is 2.54. The van der Waals surface area contributed by atoms with E-state index in [4.69, 9.17) is 4.74 Å². The molecule has 1 aromatic heterocycles. The number of carbonyl (C=O) groups is 1. The molecule has 27 heavy (non-hydrogen) atoms. The lowest BCUT2D eigenvalue weighted by Crippen LogP contribution is -2.44. The Bertz CT molecular complexity index is 728. The second-order valence-corrected chi connectivity index (χ2v) is 9.94. The quantitative estimate of drug-likeness (QED) is 0.701. The average molecular weight is 439 g/mol. The third-order valence-corrected chi connectivity index (χ3v) is 6.97. The summed E-state index contributed by atoms with van der Waals surface area (Å²) >= 11 is 3.70. The Kier molecular flexibility index (Phi) is 5.61. The highest BCUT2D eigenvalue weighted by atomic mass is 79.9. The fourth-order valence-electron chi connectivity index (χ4n) is 4.41. The minimum absolute atomic E-state index is 0.536. The van der Waals surface area contributed by atoms with Gasteiger partial charge in [-0.25, -0.2) is 4.79 Å². The molecule has 150 valence electrons. The first-order valence-corrected chi connectivity index (χ1v) is 10.6. The number of piperidine rings is 1. The third kappa shape index (κ3) is 4.16. The predicted octanol–water partition coefficient (Wildman–Crippen LogP) is 5.17. The minimum Gasteiger partial charge on any atom is -0.479 e. The van der Waals surface area contributed by atoms with Crippen molar-refractivity contribution in [2.45, 2.75) is 78.4 Å². The van der Waals surface area contributed by atoms with Crippen LogP contribution in [0.5, 0.6) is 0 Å². The summed E-state index contributed by atoms with van der Waals surface area (Å²) in [5, 5.41) is 9.94. The highest BCUT2D eigenvalue weighted by molar-refractivity contribution is 9.10. The fourth-order valence-corrected chi connectivity index (χ4v) is 4.97. The number of carboxylic acids is 1. The predicted molar refractivity (Wildman–Crippen MR) is 110 cm³/mol. The topological polar surface area (TPSA) is 62.7 Å². The van der Waals surface area contributed by atoms with Crippen molar-refractivity contribution < 1.29 is 14.6 Å².